The Hall–Kier alpha value is 0.117. The van der Waals surface area contributed by atoms with E-state index >= 15 is 0 Å². The first-order valence-corrected chi connectivity index (χ1v) is 10.6. The van der Waals surface area contributed by atoms with Gasteiger partial charge in [-0.05, 0) is 33.6 Å². The number of unbranched alkanes of at least 4 members (excludes halogenated alkanes) is 2. The molecule has 0 aromatic rings. The average Bonchev–Trinajstić information content (AvgIpc) is 2.46. The molecule has 21 heavy (non-hydrogen) atoms. The lowest BCUT2D eigenvalue weighted by molar-refractivity contribution is -0.118. The van der Waals surface area contributed by atoms with E-state index in [1.54, 1.807) is 0 Å². The number of carbonyl (C=O) groups excluding carboxylic acids is 1. The van der Waals surface area contributed by atoms with Gasteiger partial charge in [0.05, 0.1) is 5.25 Å². The van der Waals surface area contributed by atoms with Crippen LogP contribution in [0.15, 0.2) is 0 Å². The van der Waals surface area contributed by atoms with Crippen molar-refractivity contribution in [3.8, 4) is 0 Å². The van der Waals surface area contributed by atoms with Gasteiger partial charge < -0.3 is 13.3 Å². The maximum Gasteiger partial charge on any atom is 0.500 e. The molecule has 0 aromatic heterocycles. The first-order chi connectivity index (χ1) is 10.0. The zero-order valence-electron chi connectivity index (χ0n) is 14.0. The fourth-order valence-electron chi connectivity index (χ4n) is 2.19. The molecule has 126 valence electrons. The van der Waals surface area contributed by atoms with Crippen LogP contribution in [0, 0.1) is 0 Å². The van der Waals surface area contributed by atoms with Gasteiger partial charge in [-0.25, -0.2) is 0 Å². The molecular weight excluding hydrogens is 304 g/mol. The summed E-state index contributed by atoms with van der Waals surface area (Å²) in [6.07, 6.45) is 4.45. The molecule has 0 bridgehead atoms. The van der Waals surface area contributed by atoms with Gasteiger partial charge in [-0.2, -0.15) is 12.6 Å². The first-order valence-electron chi connectivity index (χ1n) is 8.17. The summed E-state index contributed by atoms with van der Waals surface area (Å²) >= 11 is 4.45. The molecule has 0 spiro atoms. The molecule has 0 radical (unpaired) electrons. The predicted octanol–water partition coefficient (Wildman–Crippen LogP) is 3.87. The number of hydrogen-bond donors (Lipinski definition) is 1. The second-order valence-electron chi connectivity index (χ2n) is 4.96. The molecule has 0 saturated carbocycles. The number of rotatable bonds is 14. The third-order valence-corrected chi connectivity index (χ3v) is 6.85. The van der Waals surface area contributed by atoms with Gasteiger partial charge in [0.2, 0.25) is 0 Å². The lowest BCUT2D eigenvalue weighted by Gasteiger charge is -2.29. The maximum absolute atomic E-state index is 12.0. The van der Waals surface area contributed by atoms with E-state index in [1.807, 2.05) is 20.8 Å². The molecule has 4 nitrogen and oxygen atoms in total. The van der Waals surface area contributed by atoms with Crippen molar-refractivity contribution in [1.82, 2.24) is 0 Å². The third-order valence-electron chi connectivity index (χ3n) is 3.22. The average molecular weight is 337 g/mol. The van der Waals surface area contributed by atoms with Crippen molar-refractivity contribution in [3.05, 3.63) is 0 Å². The topological polar surface area (TPSA) is 44.8 Å². The van der Waals surface area contributed by atoms with Gasteiger partial charge in [-0.3, -0.25) is 4.79 Å². The van der Waals surface area contributed by atoms with Crippen molar-refractivity contribution < 1.29 is 18.1 Å². The Morgan fingerprint density at radius 1 is 1.00 bits per heavy atom. The second-order valence-corrected chi connectivity index (χ2v) is 8.32. The van der Waals surface area contributed by atoms with Crippen LogP contribution in [0.4, 0.5) is 0 Å². The highest BCUT2D eigenvalue weighted by Gasteiger charge is 2.40. The molecule has 1 unspecified atom stereocenters. The number of hydrogen-bond acceptors (Lipinski definition) is 5. The summed E-state index contributed by atoms with van der Waals surface area (Å²) in [4.78, 5) is 12.0. The van der Waals surface area contributed by atoms with Crippen molar-refractivity contribution in [2.75, 3.05) is 19.8 Å². The van der Waals surface area contributed by atoms with Gasteiger partial charge in [-0.1, -0.05) is 19.8 Å². The largest absolute Gasteiger partial charge is 0.500 e. The van der Waals surface area contributed by atoms with E-state index in [0.29, 0.717) is 38.7 Å². The summed E-state index contributed by atoms with van der Waals surface area (Å²) in [5, 5.41) is -0.241. The number of thiol groups is 1. The van der Waals surface area contributed by atoms with Crippen molar-refractivity contribution in [2.24, 2.45) is 0 Å². The Kier molecular flexibility index (Phi) is 12.7. The standard InChI is InChI=1S/C15H32O4SSi/c1-5-9-10-11-14(16)15(20)12-13-21(17-6-2,18-7-3)19-8-4/h15,20H,5-13H2,1-4H3. The van der Waals surface area contributed by atoms with E-state index in [2.05, 4.69) is 19.6 Å². The molecule has 1 atom stereocenters. The van der Waals surface area contributed by atoms with Gasteiger partial charge >= 0.3 is 8.80 Å². The number of carbonyl (C=O) groups is 1. The fraction of sp³-hybridized carbons (Fsp3) is 0.933. The van der Waals surface area contributed by atoms with Crippen LogP contribution in [0.5, 0.6) is 0 Å². The summed E-state index contributed by atoms with van der Waals surface area (Å²) in [6.45, 7) is 9.64. The van der Waals surface area contributed by atoms with Crippen LogP contribution in [0.2, 0.25) is 6.04 Å². The summed E-state index contributed by atoms with van der Waals surface area (Å²) < 4.78 is 17.4. The van der Waals surface area contributed by atoms with Crippen LogP contribution >= 0.6 is 12.6 Å². The van der Waals surface area contributed by atoms with Gasteiger partial charge in [0, 0.05) is 32.3 Å². The van der Waals surface area contributed by atoms with Gasteiger partial charge in [0.25, 0.3) is 0 Å². The predicted molar refractivity (Wildman–Crippen MR) is 92.0 cm³/mol. The highest BCUT2D eigenvalue weighted by Crippen LogP contribution is 2.22. The van der Waals surface area contributed by atoms with E-state index in [4.69, 9.17) is 13.3 Å². The van der Waals surface area contributed by atoms with Crippen molar-refractivity contribution in [1.29, 1.82) is 0 Å². The minimum Gasteiger partial charge on any atom is -0.374 e. The summed E-state index contributed by atoms with van der Waals surface area (Å²) in [7, 11) is -2.64. The molecule has 6 heteroatoms. The van der Waals surface area contributed by atoms with Crippen molar-refractivity contribution >= 4 is 27.2 Å². The van der Waals surface area contributed by atoms with Crippen LogP contribution < -0.4 is 0 Å². The fourth-order valence-corrected chi connectivity index (χ4v) is 5.34. The SMILES string of the molecule is CCCCCC(=O)C(S)CC[Si](OCC)(OCC)OCC. The third kappa shape index (κ3) is 8.98. The Labute approximate surface area is 136 Å². The van der Waals surface area contributed by atoms with Gasteiger partial charge in [0.15, 0.2) is 0 Å². The summed E-state index contributed by atoms with van der Waals surface area (Å²) in [6, 6.07) is 0.649. The van der Waals surface area contributed by atoms with Gasteiger partial charge in [0.1, 0.15) is 5.78 Å². The van der Waals surface area contributed by atoms with Crippen LogP contribution in [0.1, 0.15) is 59.8 Å². The molecule has 0 rings (SSSR count). The molecule has 0 amide bonds. The monoisotopic (exact) mass is 336 g/mol. The highest BCUT2D eigenvalue weighted by molar-refractivity contribution is 7.81. The first kappa shape index (κ1) is 21.1. The van der Waals surface area contributed by atoms with Crippen molar-refractivity contribution in [3.63, 3.8) is 0 Å². The highest BCUT2D eigenvalue weighted by atomic mass is 32.1. The maximum atomic E-state index is 12.0. The van der Waals surface area contributed by atoms with Gasteiger partial charge in [-0.15, -0.1) is 0 Å². The normalized spacial score (nSPS) is 13.4. The van der Waals surface area contributed by atoms with E-state index in [1.165, 1.54) is 0 Å². The molecule has 0 aliphatic rings. The summed E-state index contributed by atoms with van der Waals surface area (Å²) in [5.74, 6) is 0.221. The lowest BCUT2D eigenvalue weighted by Crippen LogP contribution is -2.46. The zero-order valence-corrected chi connectivity index (χ0v) is 15.9. The molecule has 0 saturated heterocycles. The number of ketones is 1. The Morgan fingerprint density at radius 2 is 1.52 bits per heavy atom. The van der Waals surface area contributed by atoms with Crippen LogP contribution in [-0.4, -0.2) is 39.7 Å². The number of Topliss-reactive ketones (excluding diaryl/α,β-unsaturated/α-hetero) is 1. The Morgan fingerprint density at radius 3 is 1.95 bits per heavy atom. The minimum absolute atomic E-state index is 0.221. The van der Waals surface area contributed by atoms with E-state index < -0.39 is 8.80 Å². The zero-order chi connectivity index (χ0) is 16.1. The molecule has 0 N–H and O–H groups in total. The smallest absolute Gasteiger partial charge is 0.374 e. The minimum atomic E-state index is -2.64. The van der Waals surface area contributed by atoms with Crippen molar-refractivity contribution in [2.45, 2.75) is 71.1 Å². The molecule has 0 aliphatic heterocycles. The molecule has 0 heterocycles. The van der Waals surface area contributed by atoms with E-state index in [9.17, 15) is 4.79 Å². The second kappa shape index (κ2) is 12.6. The van der Waals surface area contributed by atoms with Crippen LogP contribution in [0.25, 0.3) is 0 Å². The molecular formula is C15H32O4SSi. The quantitative estimate of drug-likeness (QED) is 0.297. The summed E-state index contributed by atoms with van der Waals surface area (Å²) in [5.41, 5.74) is 0. The molecule has 0 aromatic carbocycles. The van der Waals surface area contributed by atoms with Crippen LogP contribution in [0.3, 0.4) is 0 Å². The van der Waals surface area contributed by atoms with E-state index in [0.717, 1.165) is 19.3 Å². The Bertz CT molecular complexity index is 259. The molecule has 0 fully saturated rings. The van der Waals surface area contributed by atoms with E-state index in [-0.39, 0.29) is 11.0 Å². The molecule has 0 aliphatic carbocycles. The van der Waals surface area contributed by atoms with Crippen LogP contribution in [-0.2, 0) is 18.1 Å². The Balaban J connectivity index is 4.40. The lowest BCUT2D eigenvalue weighted by atomic mass is 10.1.